The van der Waals surface area contributed by atoms with E-state index in [1.807, 2.05) is 37.3 Å². The van der Waals surface area contributed by atoms with E-state index >= 15 is 0 Å². The average Bonchev–Trinajstić information content (AvgIpc) is 2.87. The molecule has 0 saturated carbocycles. The van der Waals surface area contributed by atoms with Gasteiger partial charge in [-0.3, -0.25) is 4.79 Å². The Bertz CT molecular complexity index is 1600. The maximum atomic E-state index is 12.9. The SMILES string of the molecule is CCOc1cccc(NC(=O)/C(C#N)=C/c2cccc(OS(=O)(=O)c3ccc4ccccc4c3)c2)c1. The first-order chi connectivity index (χ1) is 17.4. The van der Waals surface area contributed by atoms with E-state index in [0.29, 0.717) is 23.6 Å². The Hall–Kier alpha value is -4.61. The lowest BCUT2D eigenvalue weighted by atomic mass is 10.1. The summed E-state index contributed by atoms with van der Waals surface area (Å²) in [5, 5.41) is 13.9. The van der Waals surface area contributed by atoms with E-state index < -0.39 is 16.0 Å². The number of nitriles is 1. The highest BCUT2D eigenvalue weighted by Crippen LogP contribution is 2.24. The first-order valence-corrected chi connectivity index (χ1v) is 12.5. The molecule has 0 saturated heterocycles. The van der Waals surface area contributed by atoms with E-state index in [2.05, 4.69) is 5.32 Å². The largest absolute Gasteiger partial charge is 0.494 e. The van der Waals surface area contributed by atoms with Crippen molar-refractivity contribution in [3.05, 3.63) is 102 Å². The fraction of sp³-hybridized carbons (Fsp3) is 0.0714. The number of hydrogen-bond donors (Lipinski definition) is 1. The van der Waals surface area contributed by atoms with Crippen molar-refractivity contribution in [1.29, 1.82) is 5.26 Å². The van der Waals surface area contributed by atoms with Gasteiger partial charge >= 0.3 is 10.1 Å². The van der Waals surface area contributed by atoms with Crippen molar-refractivity contribution < 1.29 is 22.1 Å². The van der Waals surface area contributed by atoms with Crippen LogP contribution in [0.5, 0.6) is 11.5 Å². The van der Waals surface area contributed by atoms with Crippen LogP contribution in [0.15, 0.2) is 101 Å². The molecule has 0 aromatic heterocycles. The number of nitrogens with one attached hydrogen (secondary N) is 1. The Kier molecular flexibility index (Phi) is 7.33. The van der Waals surface area contributed by atoms with Crippen LogP contribution < -0.4 is 14.2 Å². The van der Waals surface area contributed by atoms with Gasteiger partial charge in [-0.25, -0.2) is 0 Å². The first kappa shape index (κ1) is 24.5. The molecule has 1 amide bonds. The monoisotopic (exact) mass is 498 g/mol. The lowest BCUT2D eigenvalue weighted by Gasteiger charge is -2.09. The molecule has 7 nitrogen and oxygen atoms in total. The van der Waals surface area contributed by atoms with Gasteiger partial charge in [0.15, 0.2) is 0 Å². The topological polar surface area (TPSA) is 105 Å². The fourth-order valence-electron chi connectivity index (χ4n) is 3.50. The highest BCUT2D eigenvalue weighted by molar-refractivity contribution is 7.87. The third kappa shape index (κ3) is 5.90. The summed E-state index contributed by atoms with van der Waals surface area (Å²) in [7, 11) is -4.10. The second kappa shape index (κ2) is 10.8. The minimum absolute atomic E-state index is 0.0218. The highest BCUT2D eigenvalue weighted by Gasteiger charge is 2.18. The lowest BCUT2D eigenvalue weighted by Crippen LogP contribution is -2.13. The van der Waals surface area contributed by atoms with Gasteiger partial charge in [0.1, 0.15) is 28.0 Å². The molecular weight excluding hydrogens is 476 g/mol. The molecule has 0 aliphatic carbocycles. The lowest BCUT2D eigenvalue weighted by molar-refractivity contribution is -0.112. The van der Waals surface area contributed by atoms with Crippen LogP contribution in [-0.2, 0) is 14.9 Å². The number of ether oxygens (including phenoxy) is 1. The number of rotatable bonds is 8. The summed E-state index contributed by atoms with van der Waals surface area (Å²) in [5.41, 5.74) is 0.744. The molecule has 0 aliphatic heterocycles. The molecular formula is C28H22N2O5S. The minimum Gasteiger partial charge on any atom is -0.494 e. The minimum atomic E-state index is -4.10. The second-order valence-corrected chi connectivity index (χ2v) is 9.25. The van der Waals surface area contributed by atoms with E-state index in [0.717, 1.165) is 10.8 Å². The number of benzene rings is 4. The fourth-order valence-corrected chi connectivity index (χ4v) is 4.46. The molecule has 4 rings (SSSR count). The number of amides is 1. The van der Waals surface area contributed by atoms with Crippen LogP contribution in [-0.4, -0.2) is 20.9 Å². The maximum Gasteiger partial charge on any atom is 0.339 e. The van der Waals surface area contributed by atoms with Crippen molar-refractivity contribution in [2.45, 2.75) is 11.8 Å². The van der Waals surface area contributed by atoms with Crippen molar-refractivity contribution in [3.63, 3.8) is 0 Å². The summed E-state index contributed by atoms with van der Waals surface area (Å²) in [6.07, 6.45) is 1.36. The number of fused-ring (bicyclic) bond motifs is 1. The van der Waals surface area contributed by atoms with Gasteiger partial charge in [0, 0.05) is 11.8 Å². The number of anilines is 1. The molecule has 0 spiro atoms. The molecule has 4 aromatic rings. The van der Waals surface area contributed by atoms with E-state index in [1.165, 1.54) is 24.3 Å². The van der Waals surface area contributed by atoms with Crippen molar-refractivity contribution in [2.75, 3.05) is 11.9 Å². The van der Waals surface area contributed by atoms with Gasteiger partial charge in [0.25, 0.3) is 5.91 Å². The van der Waals surface area contributed by atoms with Gasteiger partial charge in [0.2, 0.25) is 0 Å². The first-order valence-electron chi connectivity index (χ1n) is 11.1. The van der Waals surface area contributed by atoms with E-state index in [9.17, 15) is 18.5 Å². The number of hydrogen-bond acceptors (Lipinski definition) is 6. The van der Waals surface area contributed by atoms with Gasteiger partial charge in [-0.2, -0.15) is 13.7 Å². The summed E-state index contributed by atoms with van der Waals surface area (Å²) < 4.78 is 36.5. The number of nitrogens with zero attached hydrogens (tertiary/aromatic N) is 1. The Balaban J connectivity index is 1.53. The molecule has 0 fully saturated rings. The van der Waals surface area contributed by atoms with Crippen LogP contribution in [0.3, 0.4) is 0 Å². The summed E-state index contributed by atoms with van der Waals surface area (Å²) in [6, 6.07) is 27.0. The highest BCUT2D eigenvalue weighted by atomic mass is 32.2. The van der Waals surface area contributed by atoms with Crippen molar-refractivity contribution in [1.82, 2.24) is 0 Å². The van der Waals surface area contributed by atoms with Crippen molar-refractivity contribution in [2.24, 2.45) is 0 Å². The Morgan fingerprint density at radius 2 is 1.67 bits per heavy atom. The van der Waals surface area contributed by atoms with Gasteiger partial charge in [0.05, 0.1) is 6.61 Å². The zero-order valence-corrected chi connectivity index (χ0v) is 20.2. The third-order valence-corrected chi connectivity index (χ3v) is 6.40. The molecule has 1 N–H and O–H groups in total. The van der Waals surface area contributed by atoms with Crippen molar-refractivity contribution >= 4 is 38.6 Å². The summed E-state index contributed by atoms with van der Waals surface area (Å²) in [6.45, 7) is 2.34. The zero-order chi connectivity index (χ0) is 25.5. The molecule has 0 aliphatic rings. The second-order valence-electron chi connectivity index (χ2n) is 7.70. The Labute approximate surface area is 209 Å². The maximum absolute atomic E-state index is 12.9. The summed E-state index contributed by atoms with van der Waals surface area (Å²) in [5.74, 6) is 0.0375. The molecule has 0 bridgehead atoms. The normalized spacial score (nSPS) is 11.5. The standard InChI is InChI=1S/C28H22N2O5S/c1-2-34-25-11-6-10-24(18-25)30-28(31)23(19-29)15-20-7-5-12-26(16-20)35-36(32,33)27-14-13-21-8-3-4-9-22(21)17-27/h3-18H,2H2,1H3,(H,30,31)/b23-15+. The summed E-state index contributed by atoms with van der Waals surface area (Å²) >= 11 is 0. The van der Waals surface area contributed by atoms with Crippen LogP contribution >= 0.6 is 0 Å². The van der Waals surface area contributed by atoms with Crippen LogP contribution in [0.4, 0.5) is 5.69 Å². The molecule has 4 aromatic carbocycles. The van der Waals surface area contributed by atoms with Crippen LogP contribution in [0.2, 0.25) is 0 Å². The molecule has 180 valence electrons. The third-order valence-electron chi connectivity index (χ3n) is 5.15. The quantitative estimate of drug-likeness (QED) is 0.194. The molecule has 0 atom stereocenters. The zero-order valence-electron chi connectivity index (χ0n) is 19.3. The molecule has 0 unspecified atom stereocenters. The predicted molar refractivity (Wildman–Crippen MR) is 138 cm³/mol. The van der Waals surface area contributed by atoms with Gasteiger partial charge in [-0.1, -0.05) is 48.5 Å². The predicted octanol–water partition coefficient (Wildman–Crippen LogP) is 5.55. The van der Waals surface area contributed by atoms with Crippen molar-refractivity contribution in [3.8, 4) is 17.6 Å². The van der Waals surface area contributed by atoms with Gasteiger partial charge in [-0.05, 0) is 65.7 Å². The van der Waals surface area contributed by atoms with E-state index in [4.69, 9.17) is 8.92 Å². The number of carbonyl (C=O) groups excluding carboxylic acids is 1. The van der Waals surface area contributed by atoms with Crippen LogP contribution in [0.25, 0.3) is 16.8 Å². The van der Waals surface area contributed by atoms with Gasteiger partial charge in [-0.15, -0.1) is 0 Å². The Morgan fingerprint density at radius 3 is 2.44 bits per heavy atom. The van der Waals surface area contributed by atoms with Crippen LogP contribution in [0, 0.1) is 11.3 Å². The molecule has 0 radical (unpaired) electrons. The molecule has 36 heavy (non-hydrogen) atoms. The Morgan fingerprint density at radius 1 is 0.917 bits per heavy atom. The van der Waals surface area contributed by atoms with E-state index in [1.54, 1.807) is 48.5 Å². The summed E-state index contributed by atoms with van der Waals surface area (Å²) in [4.78, 5) is 12.7. The van der Waals surface area contributed by atoms with E-state index in [-0.39, 0.29) is 16.2 Å². The smallest absolute Gasteiger partial charge is 0.339 e. The van der Waals surface area contributed by atoms with Gasteiger partial charge < -0.3 is 14.2 Å². The number of carbonyl (C=O) groups is 1. The molecule has 0 heterocycles. The van der Waals surface area contributed by atoms with Crippen LogP contribution in [0.1, 0.15) is 12.5 Å². The molecule has 8 heteroatoms. The average molecular weight is 499 g/mol.